The van der Waals surface area contributed by atoms with Crippen LogP contribution in [0, 0.1) is 0 Å². The molecule has 0 aliphatic carbocycles. The zero-order valence-electron chi connectivity index (χ0n) is 9.77. The quantitative estimate of drug-likeness (QED) is 0.721. The van der Waals surface area contributed by atoms with Crippen molar-refractivity contribution in [1.29, 1.82) is 0 Å². The van der Waals surface area contributed by atoms with Gasteiger partial charge in [-0.25, -0.2) is 9.78 Å². The van der Waals surface area contributed by atoms with Gasteiger partial charge in [-0.15, -0.1) is 0 Å². The van der Waals surface area contributed by atoms with E-state index in [-0.39, 0.29) is 11.7 Å². The number of carbonyl (C=O) groups is 1. The van der Waals surface area contributed by atoms with Gasteiger partial charge in [-0.1, -0.05) is 11.6 Å². The van der Waals surface area contributed by atoms with Crippen LogP contribution in [-0.4, -0.2) is 34.2 Å². The molecule has 1 fully saturated rings. The monoisotopic (exact) mass is 270 g/mol. The predicted octanol–water partition coefficient (Wildman–Crippen LogP) is 1.76. The van der Waals surface area contributed by atoms with Crippen molar-refractivity contribution in [3.63, 3.8) is 0 Å². The fourth-order valence-corrected chi connectivity index (χ4v) is 2.35. The Morgan fingerprint density at radius 1 is 1.44 bits per heavy atom. The van der Waals surface area contributed by atoms with Gasteiger partial charge < -0.3 is 21.5 Å². The number of hydrogen-bond acceptors (Lipinski definition) is 4. The van der Waals surface area contributed by atoms with E-state index in [0.717, 1.165) is 18.5 Å². The van der Waals surface area contributed by atoms with Crippen molar-refractivity contribution in [3.05, 3.63) is 16.8 Å². The number of anilines is 2. The minimum atomic E-state index is -0.878. The molecular formula is C11H15ClN4O2. The summed E-state index contributed by atoms with van der Waals surface area (Å²) in [6, 6.07) is 1.72. The van der Waals surface area contributed by atoms with E-state index in [1.54, 1.807) is 6.07 Å². The summed E-state index contributed by atoms with van der Waals surface area (Å²) in [5.41, 5.74) is 12.4. The van der Waals surface area contributed by atoms with Crippen molar-refractivity contribution in [2.75, 3.05) is 24.6 Å². The number of halogens is 1. The van der Waals surface area contributed by atoms with Crippen LogP contribution in [0.4, 0.5) is 16.3 Å². The molecule has 1 saturated heterocycles. The number of hydrogen-bond donors (Lipinski definition) is 3. The van der Waals surface area contributed by atoms with E-state index in [2.05, 4.69) is 4.98 Å². The highest BCUT2D eigenvalue weighted by Gasteiger charge is 2.25. The molecule has 1 aromatic heterocycles. The van der Waals surface area contributed by atoms with Crippen LogP contribution in [0.25, 0.3) is 0 Å². The largest absolute Gasteiger partial charge is 0.465 e. The zero-order chi connectivity index (χ0) is 13.3. The lowest BCUT2D eigenvalue weighted by atomic mass is 9.93. The number of nitrogens with zero attached hydrogens (tertiary/aromatic N) is 2. The van der Waals surface area contributed by atoms with E-state index in [0.29, 0.717) is 23.8 Å². The van der Waals surface area contributed by atoms with Gasteiger partial charge >= 0.3 is 6.09 Å². The molecule has 5 N–H and O–H groups in total. The van der Waals surface area contributed by atoms with Crippen molar-refractivity contribution in [1.82, 2.24) is 9.88 Å². The standard InChI is InChI=1S/C11H15ClN4O2/c12-7-5-8(15-10(14)9(7)13)6-1-3-16(4-2-6)11(17)18/h5-6H,1-4,13H2,(H2,14,15)(H,17,18). The molecule has 1 aliphatic heterocycles. The summed E-state index contributed by atoms with van der Waals surface area (Å²) in [5, 5.41) is 9.27. The lowest BCUT2D eigenvalue weighted by molar-refractivity contribution is 0.131. The maximum atomic E-state index is 10.8. The van der Waals surface area contributed by atoms with Crippen molar-refractivity contribution in [2.24, 2.45) is 0 Å². The lowest BCUT2D eigenvalue weighted by Crippen LogP contribution is -2.37. The Hall–Kier alpha value is -1.69. The summed E-state index contributed by atoms with van der Waals surface area (Å²) < 4.78 is 0. The van der Waals surface area contributed by atoms with Gasteiger partial charge in [-0.3, -0.25) is 0 Å². The first-order chi connectivity index (χ1) is 8.49. The minimum Gasteiger partial charge on any atom is -0.465 e. The maximum absolute atomic E-state index is 10.8. The van der Waals surface area contributed by atoms with E-state index in [9.17, 15) is 4.79 Å². The van der Waals surface area contributed by atoms with Crippen LogP contribution in [0.2, 0.25) is 5.02 Å². The second-order valence-electron chi connectivity index (χ2n) is 4.37. The summed E-state index contributed by atoms with van der Waals surface area (Å²) >= 11 is 5.97. The molecule has 0 aromatic carbocycles. The molecule has 0 spiro atoms. The Morgan fingerprint density at radius 2 is 2.06 bits per heavy atom. The summed E-state index contributed by atoms with van der Waals surface area (Å²) in [5.74, 6) is 0.416. The number of likely N-dealkylation sites (tertiary alicyclic amines) is 1. The van der Waals surface area contributed by atoms with E-state index in [4.69, 9.17) is 28.2 Å². The zero-order valence-corrected chi connectivity index (χ0v) is 10.5. The van der Waals surface area contributed by atoms with E-state index in [1.807, 2.05) is 0 Å². The molecule has 1 aromatic rings. The summed E-state index contributed by atoms with van der Waals surface area (Å²) in [7, 11) is 0. The molecule has 0 saturated carbocycles. The highest BCUT2D eigenvalue weighted by atomic mass is 35.5. The van der Waals surface area contributed by atoms with Crippen molar-refractivity contribution < 1.29 is 9.90 Å². The number of pyridine rings is 1. The summed E-state index contributed by atoms with van der Waals surface area (Å²) in [6.45, 7) is 1.01. The molecule has 2 heterocycles. The normalized spacial score (nSPS) is 16.8. The molecule has 1 amide bonds. The van der Waals surface area contributed by atoms with E-state index >= 15 is 0 Å². The second kappa shape index (κ2) is 4.89. The third-order valence-electron chi connectivity index (χ3n) is 3.24. The molecule has 0 bridgehead atoms. The number of carboxylic acid groups (broad SMARTS) is 1. The third kappa shape index (κ3) is 2.43. The Labute approximate surface area is 110 Å². The molecule has 7 heteroatoms. The van der Waals surface area contributed by atoms with Crippen LogP contribution in [0.5, 0.6) is 0 Å². The predicted molar refractivity (Wildman–Crippen MR) is 69.6 cm³/mol. The molecule has 6 nitrogen and oxygen atoms in total. The molecule has 1 aliphatic rings. The third-order valence-corrected chi connectivity index (χ3v) is 3.55. The number of nitrogen functional groups attached to an aromatic ring is 2. The first kappa shape index (κ1) is 12.8. The molecule has 0 atom stereocenters. The van der Waals surface area contributed by atoms with Crippen LogP contribution in [-0.2, 0) is 0 Å². The minimum absolute atomic E-state index is 0.181. The lowest BCUT2D eigenvalue weighted by Gasteiger charge is -2.29. The molecule has 2 rings (SSSR count). The Morgan fingerprint density at radius 3 is 2.56 bits per heavy atom. The van der Waals surface area contributed by atoms with Crippen molar-refractivity contribution in [2.45, 2.75) is 18.8 Å². The van der Waals surface area contributed by atoms with Gasteiger partial charge in [0.1, 0.15) is 5.82 Å². The van der Waals surface area contributed by atoms with Crippen LogP contribution in [0.15, 0.2) is 6.07 Å². The number of nitrogens with two attached hydrogens (primary N) is 2. The fraction of sp³-hybridized carbons (Fsp3) is 0.455. The van der Waals surface area contributed by atoms with Gasteiger partial charge in [0.25, 0.3) is 0 Å². The molecule has 0 unspecified atom stereocenters. The van der Waals surface area contributed by atoms with Gasteiger partial charge in [0, 0.05) is 24.7 Å². The second-order valence-corrected chi connectivity index (χ2v) is 4.78. The highest BCUT2D eigenvalue weighted by Crippen LogP contribution is 2.32. The smallest absolute Gasteiger partial charge is 0.407 e. The van der Waals surface area contributed by atoms with E-state index in [1.165, 1.54) is 4.90 Å². The fourth-order valence-electron chi connectivity index (χ4n) is 2.14. The van der Waals surface area contributed by atoms with Crippen molar-refractivity contribution >= 4 is 29.2 Å². The maximum Gasteiger partial charge on any atom is 0.407 e. The average molecular weight is 271 g/mol. The highest BCUT2D eigenvalue weighted by molar-refractivity contribution is 6.33. The SMILES string of the molecule is Nc1nc(C2CCN(C(=O)O)CC2)cc(Cl)c1N. The van der Waals surface area contributed by atoms with Gasteiger partial charge in [0.2, 0.25) is 0 Å². The van der Waals surface area contributed by atoms with Gasteiger partial charge in [-0.2, -0.15) is 0 Å². The molecular weight excluding hydrogens is 256 g/mol. The first-order valence-corrected chi connectivity index (χ1v) is 6.06. The Kier molecular flexibility index (Phi) is 3.47. The number of piperidine rings is 1. The van der Waals surface area contributed by atoms with Crippen molar-refractivity contribution in [3.8, 4) is 0 Å². The summed E-state index contributed by atoms with van der Waals surface area (Å²) in [6.07, 6.45) is 0.564. The first-order valence-electron chi connectivity index (χ1n) is 5.68. The van der Waals surface area contributed by atoms with E-state index < -0.39 is 6.09 Å². The molecule has 0 radical (unpaired) electrons. The van der Waals surface area contributed by atoms with Crippen LogP contribution >= 0.6 is 11.6 Å². The molecule has 98 valence electrons. The Balaban J connectivity index is 2.12. The molecule has 18 heavy (non-hydrogen) atoms. The van der Waals surface area contributed by atoms with Crippen LogP contribution < -0.4 is 11.5 Å². The van der Waals surface area contributed by atoms with Crippen LogP contribution in [0.1, 0.15) is 24.5 Å². The number of rotatable bonds is 1. The average Bonchev–Trinajstić information content (AvgIpc) is 2.35. The summed E-state index contributed by atoms with van der Waals surface area (Å²) in [4.78, 5) is 16.4. The van der Waals surface area contributed by atoms with Crippen LogP contribution in [0.3, 0.4) is 0 Å². The van der Waals surface area contributed by atoms with Gasteiger partial charge in [0.05, 0.1) is 10.7 Å². The topological polar surface area (TPSA) is 105 Å². The van der Waals surface area contributed by atoms with Gasteiger partial charge in [-0.05, 0) is 18.9 Å². The number of amides is 1. The Bertz CT molecular complexity index is 449. The number of aromatic nitrogens is 1. The van der Waals surface area contributed by atoms with Gasteiger partial charge in [0.15, 0.2) is 0 Å².